The van der Waals surface area contributed by atoms with Gasteiger partial charge < -0.3 is 5.73 Å². The molecule has 0 amide bonds. The Balaban J connectivity index is 1.73. The van der Waals surface area contributed by atoms with Crippen LogP contribution in [-0.2, 0) is 0 Å². The molecule has 2 nitrogen and oxygen atoms in total. The standard InChI is InChI=1S/C16H24N2S/c1-19-15-7-5-12(6-8-15)16(9-17)18-10-13-3-2-4-14(13)11-18/h5-8,13-14,16H,2-4,9-11,17H2,1H3. The highest BCUT2D eigenvalue weighted by atomic mass is 32.2. The number of hydrogen-bond donors (Lipinski definition) is 1. The van der Waals surface area contributed by atoms with Gasteiger partial charge in [-0.2, -0.15) is 0 Å². The fraction of sp³-hybridized carbons (Fsp3) is 0.625. The van der Waals surface area contributed by atoms with E-state index in [-0.39, 0.29) is 0 Å². The molecule has 0 bridgehead atoms. The molecule has 3 heteroatoms. The highest BCUT2D eigenvalue weighted by Gasteiger charge is 2.38. The molecule has 1 saturated carbocycles. The van der Waals surface area contributed by atoms with Gasteiger partial charge in [-0.1, -0.05) is 18.6 Å². The van der Waals surface area contributed by atoms with Crippen molar-refractivity contribution in [1.29, 1.82) is 0 Å². The van der Waals surface area contributed by atoms with Crippen LogP contribution in [0.4, 0.5) is 0 Å². The van der Waals surface area contributed by atoms with Gasteiger partial charge in [-0.25, -0.2) is 0 Å². The predicted octanol–water partition coefficient (Wildman–Crippen LogP) is 3.14. The maximum atomic E-state index is 6.06. The number of thioether (sulfide) groups is 1. The SMILES string of the molecule is CSc1ccc(C(CN)N2CC3CCCC3C2)cc1. The molecule has 0 radical (unpaired) electrons. The second-order valence-electron chi connectivity index (χ2n) is 5.93. The van der Waals surface area contributed by atoms with Crippen LogP contribution in [0, 0.1) is 11.8 Å². The fourth-order valence-corrected chi connectivity index (χ4v) is 4.26. The van der Waals surface area contributed by atoms with Gasteiger partial charge in [-0.05, 0) is 48.6 Å². The number of fused-ring (bicyclic) bond motifs is 1. The Labute approximate surface area is 120 Å². The zero-order chi connectivity index (χ0) is 13.2. The quantitative estimate of drug-likeness (QED) is 0.857. The summed E-state index contributed by atoms with van der Waals surface area (Å²) in [6.45, 7) is 3.26. The third kappa shape index (κ3) is 2.69. The van der Waals surface area contributed by atoms with E-state index in [0.29, 0.717) is 6.04 Å². The number of hydrogen-bond acceptors (Lipinski definition) is 3. The average Bonchev–Trinajstić information content (AvgIpc) is 3.02. The number of benzene rings is 1. The molecule has 1 saturated heterocycles. The predicted molar refractivity (Wildman–Crippen MR) is 82.4 cm³/mol. The summed E-state index contributed by atoms with van der Waals surface area (Å²) in [7, 11) is 0. The Kier molecular flexibility index (Phi) is 4.15. The molecule has 19 heavy (non-hydrogen) atoms. The molecule has 0 aromatic heterocycles. The summed E-state index contributed by atoms with van der Waals surface area (Å²) in [6, 6.07) is 9.38. The number of nitrogens with zero attached hydrogens (tertiary/aromatic N) is 1. The van der Waals surface area contributed by atoms with Crippen molar-refractivity contribution in [2.75, 3.05) is 25.9 Å². The number of rotatable bonds is 4. The smallest absolute Gasteiger partial charge is 0.0470 e. The van der Waals surface area contributed by atoms with Crippen molar-refractivity contribution in [3.8, 4) is 0 Å². The summed E-state index contributed by atoms with van der Waals surface area (Å²) in [5.41, 5.74) is 7.45. The summed E-state index contributed by atoms with van der Waals surface area (Å²) in [5.74, 6) is 1.89. The van der Waals surface area contributed by atoms with Gasteiger partial charge in [0.25, 0.3) is 0 Å². The van der Waals surface area contributed by atoms with Crippen LogP contribution in [0.3, 0.4) is 0 Å². The molecule has 2 N–H and O–H groups in total. The minimum Gasteiger partial charge on any atom is -0.329 e. The van der Waals surface area contributed by atoms with Crippen LogP contribution in [0.2, 0.25) is 0 Å². The van der Waals surface area contributed by atoms with Gasteiger partial charge in [0.15, 0.2) is 0 Å². The summed E-state index contributed by atoms with van der Waals surface area (Å²) < 4.78 is 0. The molecule has 0 spiro atoms. The lowest BCUT2D eigenvalue weighted by Gasteiger charge is -2.28. The summed E-state index contributed by atoms with van der Waals surface area (Å²) in [6.07, 6.45) is 6.43. The van der Waals surface area contributed by atoms with E-state index < -0.39 is 0 Å². The lowest BCUT2D eigenvalue weighted by molar-refractivity contribution is 0.232. The summed E-state index contributed by atoms with van der Waals surface area (Å²) in [5, 5.41) is 0. The Bertz CT molecular complexity index is 405. The molecular formula is C16H24N2S. The molecule has 104 valence electrons. The summed E-state index contributed by atoms with van der Waals surface area (Å²) in [4.78, 5) is 3.96. The second-order valence-corrected chi connectivity index (χ2v) is 6.81. The van der Waals surface area contributed by atoms with E-state index in [0.717, 1.165) is 18.4 Å². The largest absolute Gasteiger partial charge is 0.329 e. The van der Waals surface area contributed by atoms with Crippen LogP contribution in [0.5, 0.6) is 0 Å². The van der Waals surface area contributed by atoms with Crippen LogP contribution in [0.25, 0.3) is 0 Å². The average molecular weight is 276 g/mol. The molecule has 1 heterocycles. The van der Waals surface area contributed by atoms with Gasteiger partial charge >= 0.3 is 0 Å². The third-order valence-corrected chi connectivity index (χ3v) is 5.66. The van der Waals surface area contributed by atoms with Crippen LogP contribution >= 0.6 is 11.8 Å². The second kappa shape index (κ2) is 5.86. The molecule has 2 aliphatic rings. The van der Waals surface area contributed by atoms with Gasteiger partial charge in [0, 0.05) is 30.6 Å². The van der Waals surface area contributed by atoms with E-state index in [4.69, 9.17) is 5.73 Å². The maximum Gasteiger partial charge on any atom is 0.0470 e. The Morgan fingerprint density at radius 1 is 1.21 bits per heavy atom. The van der Waals surface area contributed by atoms with Crippen LogP contribution in [-0.4, -0.2) is 30.8 Å². The van der Waals surface area contributed by atoms with E-state index >= 15 is 0 Å². The van der Waals surface area contributed by atoms with Crippen molar-refractivity contribution in [3.05, 3.63) is 29.8 Å². The van der Waals surface area contributed by atoms with E-state index in [1.54, 1.807) is 11.8 Å². The molecular weight excluding hydrogens is 252 g/mol. The van der Waals surface area contributed by atoms with Crippen LogP contribution in [0.1, 0.15) is 30.9 Å². The topological polar surface area (TPSA) is 29.3 Å². The van der Waals surface area contributed by atoms with Crippen molar-refractivity contribution in [2.45, 2.75) is 30.2 Å². The van der Waals surface area contributed by atoms with Gasteiger partial charge in [-0.15, -0.1) is 11.8 Å². The number of likely N-dealkylation sites (tertiary alicyclic amines) is 1. The first-order valence-corrected chi connectivity index (χ1v) is 8.62. The van der Waals surface area contributed by atoms with E-state index in [9.17, 15) is 0 Å². The normalized spacial score (nSPS) is 28.5. The minimum atomic E-state index is 0.418. The van der Waals surface area contributed by atoms with Crippen molar-refractivity contribution < 1.29 is 0 Å². The van der Waals surface area contributed by atoms with E-state index in [1.165, 1.54) is 42.8 Å². The third-order valence-electron chi connectivity index (χ3n) is 4.92. The molecule has 1 aromatic rings. The Hall–Kier alpha value is -0.510. The van der Waals surface area contributed by atoms with Crippen molar-refractivity contribution in [2.24, 2.45) is 17.6 Å². The first-order chi connectivity index (χ1) is 9.31. The first kappa shape index (κ1) is 13.5. The molecule has 1 aliphatic carbocycles. The lowest BCUT2D eigenvalue weighted by atomic mass is 10.0. The van der Waals surface area contributed by atoms with Crippen LogP contribution < -0.4 is 5.73 Å². The van der Waals surface area contributed by atoms with Crippen molar-refractivity contribution in [3.63, 3.8) is 0 Å². The molecule has 3 rings (SSSR count). The monoisotopic (exact) mass is 276 g/mol. The van der Waals surface area contributed by atoms with Gasteiger partial charge in [0.05, 0.1) is 0 Å². The molecule has 1 aromatic carbocycles. The molecule has 3 atom stereocenters. The van der Waals surface area contributed by atoms with E-state index in [2.05, 4.69) is 35.4 Å². The Morgan fingerprint density at radius 3 is 2.37 bits per heavy atom. The highest BCUT2D eigenvalue weighted by molar-refractivity contribution is 7.98. The van der Waals surface area contributed by atoms with Gasteiger partial charge in [0.2, 0.25) is 0 Å². The van der Waals surface area contributed by atoms with Crippen molar-refractivity contribution >= 4 is 11.8 Å². The lowest BCUT2D eigenvalue weighted by Crippen LogP contribution is -2.32. The number of nitrogens with two attached hydrogens (primary N) is 1. The molecule has 1 aliphatic heterocycles. The zero-order valence-electron chi connectivity index (χ0n) is 11.7. The van der Waals surface area contributed by atoms with Crippen LogP contribution in [0.15, 0.2) is 29.2 Å². The highest BCUT2D eigenvalue weighted by Crippen LogP contribution is 2.40. The maximum absolute atomic E-state index is 6.06. The fourth-order valence-electron chi connectivity index (χ4n) is 3.85. The van der Waals surface area contributed by atoms with Gasteiger partial charge in [-0.3, -0.25) is 4.90 Å². The van der Waals surface area contributed by atoms with Crippen molar-refractivity contribution in [1.82, 2.24) is 4.90 Å². The van der Waals surface area contributed by atoms with E-state index in [1.807, 2.05) is 0 Å². The molecule has 2 fully saturated rings. The Morgan fingerprint density at radius 2 is 1.84 bits per heavy atom. The summed E-state index contributed by atoms with van der Waals surface area (Å²) >= 11 is 1.80. The molecule has 3 unspecified atom stereocenters. The zero-order valence-corrected chi connectivity index (χ0v) is 12.5. The minimum absolute atomic E-state index is 0.418. The van der Waals surface area contributed by atoms with Gasteiger partial charge in [0.1, 0.15) is 0 Å². The first-order valence-electron chi connectivity index (χ1n) is 7.40.